The highest BCUT2D eigenvalue weighted by molar-refractivity contribution is 5.38. The van der Waals surface area contributed by atoms with Gasteiger partial charge in [-0.25, -0.2) is 4.98 Å². The van der Waals surface area contributed by atoms with E-state index in [1.54, 1.807) is 6.07 Å². The Balaban J connectivity index is 2.13. The fourth-order valence-electron chi connectivity index (χ4n) is 2.32. The fraction of sp³-hybridized carbons (Fsp3) is 0.667. The molecule has 0 aliphatic carbocycles. The Labute approximate surface area is 101 Å². The van der Waals surface area contributed by atoms with E-state index < -0.39 is 0 Å². The number of rotatable bonds is 4. The molecule has 1 atom stereocenters. The molecular weight excluding hydrogens is 216 g/mol. The van der Waals surface area contributed by atoms with Gasteiger partial charge in [0.15, 0.2) is 0 Å². The molecule has 1 aromatic rings. The van der Waals surface area contributed by atoms with Crippen LogP contribution < -0.4 is 15.8 Å². The van der Waals surface area contributed by atoms with Crippen molar-refractivity contribution in [2.45, 2.75) is 19.8 Å². The maximum atomic E-state index is 11.5. The zero-order valence-electron chi connectivity index (χ0n) is 10.5. The third-order valence-corrected chi connectivity index (χ3v) is 3.21. The van der Waals surface area contributed by atoms with Crippen LogP contribution in [0.1, 0.15) is 19.2 Å². The van der Waals surface area contributed by atoms with Crippen LogP contribution in [0.3, 0.4) is 0 Å². The van der Waals surface area contributed by atoms with Crippen molar-refractivity contribution in [1.29, 1.82) is 0 Å². The molecule has 0 bridgehead atoms. The van der Waals surface area contributed by atoms with E-state index in [4.69, 9.17) is 0 Å². The van der Waals surface area contributed by atoms with E-state index in [9.17, 15) is 4.79 Å². The summed E-state index contributed by atoms with van der Waals surface area (Å²) in [5.74, 6) is 2.25. The van der Waals surface area contributed by atoms with E-state index in [2.05, 4.69) is 20.2 Å². The van der Waals surface area contributed by atoms with Gasteiger partial charge < -0.3 is 15.2 Å². The molecule has 0 amide bonds. The predicted octanol–water partition coefficient (Wildman–Crippen LogP) is 0.378. The molecule has 1 aromatic heterocycles. The Morgan fingerprint density at radius 2 is 2.47 bits per heavy atom. The van der Waals surface area contributed by atoms with Gasteiger partial charge >= 0.3 is 0 Å². The average Bonchev–Trinajstić information content (AvgIpc) is 2.77. The average molecular weight is 236 g/mol. The first-order chi connectivity index (χ1) is 8.22. The van der Waals surface area contributed by atoms with Crippen molar-refractivity contribution in [1.82, 2.24) is 15.3 Å². The Bertz CT molecular complexity index is 429. The van der Waals surface area contributed by atoms with Crippen LogP contribution in [0.5, 0.6) is 0 Å². The zero-order chi connectivity index (χ0) is 12.3. The van der Waals surface area contributed by atoms with E-state index in [0.717, 1.165) is 44.1 Å². The van der Waals surface area contributed by atoms with Gasteiger partial charge in [0.05, 0.1) is 0 Å². The molecular formula is C12H20N4O. The topological polar surface area (TPSA) is 61.0 Å². The SMILES string of the molecule is CCc1nc(N2CCC(CNC)C2)cc(=O)[nH]1. The summed E-state index contributed by atoms with van der Waals surface area (Å²) in [5, 5.41) is 3.20. The second kappa shape index (κ2) is 5.31. The van der Waals surface area contributed by atoms with E-state index >= 15 is 0 Å². The summed E-state index contributed by atoms with van der Waals surface area (Å²) in [4.78, 5) is 20.9. The summed E-state index contributed by atoms with van der Waals surface area (Å²) in [6.07, 6.45) is 1.92. The molecule has 2 N–H and O–H groups in total. The van der Waals surface area contributed by atoms with Crippen molar-refractivity contribution in [3.05, 3.63) is 22.2 Å². The molecule has 2 rings (SSSR count). The van der Waals surface area contributed by atoms with E-state index in [1.807, 2.05) is 14.0 Å². The first kappa shape index (κ1) is 12.1. The van der Waals surface area contributed by atoms with Crippen molar-refractivity contribution in [2.75, 3.05) is 31.6 Å². The van der Waals surface area contributed by atoms with Crippen LogP contribution in [0.2, 0.25) is 0 Å². The summed E-state index contributed by atoms with van der Waals surface area (Å²) >= 11 is 0. The molecule has 1 saturated heterocycles. The molecule has 0 radical (unpaired) electrons. The highest BCUT2D eigenvalue weighted by atomic mass is 16.1. The quantitative estimate of drug-likeness (QED) is 0.793. The summed E-state index contributed by atoms with van der Waals surface area (Å²) in [6, 6.07) is 1.60. The second-order valence-electron chi connectivity index (χ2n) is 4.56. The first-order valence-corrected chi connectivity index (χ1v) is 6.22. The molecule has 0 saturated carbocycles. The number of aryl methyl sites for hydroxylation is 1. The fourth-order valence-corrected chi connectivity index (χ4v) is 2.32. The molecule has 1 fully saturated rings. The minimum atomic E-state index is -0.0519. The number of aromatic amines is 1. The van der Waals surface area contributed by atoms with Gasteiger partial charge in [-0.1, -0.05) is 6.92 Å². The molecule has 1 aliphatic heterocycles. The lowest BCUT2D eigenvalue weighted by Crippen LogP contribution is -2.26. The molecule has 94 valence electrons. The Morgan fingerprint density at radius 3 is 3.18 bits per heavy atom. The van der Waals surface area contributed by atoms with Gasteiger partial charge in [-0.05, 0) is 25.9 Å². The van der Waals surface area contributed by atoms with E-state index in [-0.39, 0.29) is 5.56 Å². The first-order valence-electron chi connectivity index (χ1n) is 6.22. The molecule has 1 unspecified atom stereocenters. The summed E-state index contributed by atoms with van der Waals surface area (Å²) in [7, 11) is 1.98. The van der Waals surface area contributed by atoms with Crippen LogP contribution >= 0.6 is 0 Å². The number of nitrogens with one attached hydrogen (secondary N) is 2. The van der Waals surface area contributed by atoms with Crippen molar-refractivity contribution >= 4 is 5.82 Å². The second-order valence-corrected chi connectivity index (χ2v) is 4.56. The van der Waals surface area contributed by atoms with Gasteiger partial charge in [0.25, 0.3) is 5.56 Å². The van der Waals surface area contributed by atoms with Gasteiger partial charge in [0, 0.05) is 25.6 Å². The van der Waals surface area contributed by atoms with Gasteiger partial charge in [-0.3, -0.25) is 4.79 Å². The molecule has 1 aliphatic rings. The molecule has 17 heavy (non-hydrogen) atoms. The minimum Gasteiger partial charge on any atom is -0.356 e. The molecule has 2 heterocycles. The third-order valence-electron chi connectivity index (χ3n) is 3.21. The van der Waals surface area contributed by atoms with Crippen molar-refractivity contribution in [3.63, 3.8) is 0 Å². The van der Waals surface area contributed by atoms with Gasteiger partial charge in [-0.15, -0.1) is 0 Å². The normalized spacial score (nSPS) is 19.9. The number of anilines is 1. The summed E-state index contributed by atoms with van der Waals surface area (Å²) < 4.78 is 0. The zero-order valence-corrected chi connectivity index (χ0v) is 10.5. The maximum absolute atomic E-state index is 11.5. The van der Waals surface area contributed by atoms with Crippen molar-refractivity contribution < 1.29 is 0 Å². The molecule has 5 heteroatoms. The number of H-pyrrole nitrogens is 1. The van der Waals surface area contributed by atoms with Crippen molar-refractivity contribution in [3.8, 4) is 0 Å². The maximum Gasteiger partial charge on any atom is 0.252 e. The van der Waals surface area contributed by atoms with Crippen molar-refractivity contribution in [2.24, 2.45) is 5.92 Å². The van der Waals surface area contributed by atoms with E-state index in [0.29, 0.717) is 5.92 Å². The molecule has 0 spiro atoms. The van der Waals surface area contributed by atoms with Crippen LogP contribution in [0.15, 0.2) is 10.9 Å². The summed E-state index contributed by atoms with van der Waals surface area (Å²) in [5.41, 5.74) is -0.0519. The Hall–Kier alpha value is -1.36. The molecule has 0 aromatic carbocycles. The van der Waals surface area contributed by atoms with Crippen LogP contribution in [-0.2, 0) is 6.42 Å². The standard InChI is InChI=1S/C12H20N4O/c1-3-10-14-11(6-12(17)15-10)16-5-4-9(8-16)7-13-2/h6,9,13H,3-5,7-8H2,1-2H3,(H,14,15,17). The minimum absolute atomic E-state index is 0.0519. The monoisotopic (exact) mass is 236 g/mol. The lowest BCUT2D eigenvalue weighted by molar-refractivity contribution is 0.549. The van der Waals surface area contributed by atoms with Gasteiger partial charge in [0.2, 0.25) is 0 Å². The largest absolute Gasteiger partial charge is 0.356 e. The molecule has 5 nitrogen and oxygen atoms in total. The number of nitrogens with zero attached hydrogens (tertiary/aromatic N) is 2. The number of hydrogen-bond donors (Lipinski definition) is 2. The van der Waals surface area contributed by atoms with Crippen LogP contribution in [0.4, 0.5) is 5.82 Å². The third kappa shape index (κ3) is 2.85. The highest BCUT2D eigenvalue weighted by Crippen LogP contribution is 2.20. The lowest BCUT2D eigenvalue weighted by atomic mass is 10.1. The van der Waals surface area contributed by atoms with Crippen LogP contribution in [0.25, 0.3) is 0 Å². The van der Waals surface area contributed by atoms with Crippen LogP contribution in [-0.4, -0.2) is 36.6 Å². The Morgan fingerprint density at radius 1 is 1.65 bits per heavy atom. The lowest BCUT2D eigenvalue weighted by Gasteiger charge is -2.17. The number of aromatic nitrogens is 2. The highest BCUT2D eigenvalue weighted by Gasteiger charge is 2.23. The Kier molecular flexibility index (Phi) is 3.78. The van der Waals surface area contributed by atoms with Crippen LogP contribution in [0, 0.1) is 5.92 Å². The van der Waals surface area contributed by atoms with Gasteiger partial charge in [-0.2, -0.15) is 0 Å². The smallest absolute Gasteiger partial charge is 0.252 e. The van der Waals surface area contributed by atoms with Gasteiger partial charge in [0.1, 0.15) is 11.6 Å². The number of hydrogen-bond acceptors (Lipinski definition) is 4. The van der Waals surface area contributed by atoms with E-state index in [1.165, 1.54) is 0 Å². The summed E-state index contributed by atoms with van der Waals surface area (Å²) in [6.45, 7) is 5.00. The predicted molar refractivity (Wildman–Crippen MR) is 68.5 cm³/mol.